The first-order valence-corrected chi connectivity index (χ1v) is 19.3. The zero-order valence-corrected chi connectivity index (χ0v) is 24.8. The largest absolute Gasteiger partial charge is 0.0622 e. The molecule has 0 saturated heterocycles. The Morgan fingerprint density at radius 1 is 0.378 bits per heavy atom. The summed E-state index contributed by atoms with van der Waals surface area (Å²) in [7, 11) is 15.6. The van der Waals surface area contributed by atoms with Crippen LogP contribution in [0, 0.1) is 0 Å². The molecule has 0 aromatic heterocycles. The normalized spacial score (nSPS) is 10.6. The Morgan fingerprint density at radius 3 is 1.11 bits per heavy atom. The summed E-state index contributed by atoms with van der Waals surface area (Å²) in [6.07, 6.45) is 0. The van der Waals surface area contributed by atoms with Crippen LogP contribution in [0.4, 0.5) is 0 Å². The number of rotatable bonds is 3. The second-order valence-corrected chi connectivity index (χ2v) is 17.4. The van der Waals surface area contributed by atoms with Gasteiger partial charge in [0.1, 0.15) is 0 Å². The van der Waals surface area contributed by atoms with Crippen LogP contribution in [0.1, 0.15) is 0 Å². The molecule has 0 radical (unpaired) electrons. The molecule has 0 atom stereocenters. The zero-order valence-electron chi connectivity index (χ0n) is 19.8. The summed E-state index contributed by atoms with van der Waals surface area (Å²) < 4.78 is 0. The molecule has 0 bridgehead atoms. The first kappa shape index (κ1) is 27.8. The van der Waals surface area contributed by atoms with Gasteiger partial charge < -0.3 is 0 Å². The second-order valence-electron chi connectivity index (χ2n) is 8.06. The maximum Gasteiger partial charge on any atom is -0.00992 e. The number of halogens is 3. The summed E-state index contributed by atoms with van der Waals surface area (Å²) in [6, 6.07) is 51.3. The van der Waals surface area contributed by atoms with E-state index in [1.54, 1.807) is 0 Å². The van der Waals surface area contributed by atoms with Crippen molar-refractivity contribution in [1.82, 2.24) is 0 Å². The van der Waals surface area contributed by atoms with E-state index < -0.39 is 13.0 Å². The van der Waals surface area contributed by atoms with Crippen molar-refractivity contribution in [1.29, 1.82) is 0 Å². The molecule has 6 rings (SSSR count). The van der Waals surface area contributed by atoms with Gasteiger partial charge in [-0.25, -0.2) is 0 Å². The SMILES string of the molecule is [Cl][Ru]([Cl])[Cl].c1ccc(Pc2ccccc2)cc1.c1ccc2c(-c3cccc4ccccc34)cccc2c1. The van der Waals surface area contributed by atoms with Crippen molar-refractivity contribution >= 4 is 69.8 Å². The van der Waals surface area contributed by atoms with Gasteiger partial charge >= 0.3 is 42.1 Å². The smallest absolute Gasteiger partial charge is 0.00992 e. The van der Waals surface area contributed by atoms with E-state index in [9.17, 15) is 0 Å². The van der Waals surface area contributed by atoms with E-state index in [0.717, 1.165) is 8.58 Å². The molecule has 6 aromatic rings. The standard InChI is InChI=1S/C20H14.C12H11P.3ClH.Ru/c1-3-11-17-15(7-1)9-5-13-19(17)20-14-6-10-16-8-2-4-12-18(16)20;1-3-7-11(8-4-1)13-12-9-5-2-6-10-12;;;;/h1-14H;1-10,13H;3*1H;/q;;;;;+3/p-3. The van der Waals surface area contributed by atoms with Gasteiger partial charge in [-0.1, -0.05) is 154 Å². The van der Waals surface area contributed by atoms with Gasteiger partial charge in [0.2, 0.25) is 0 Å². The van der Waals surface area contributed by atoms with Crippen molar-refractivity contribution < 1.29 is 13.0 Å². The molecule has 0 saturated carbocycles. The summed E-state index contributed by atoms with van der Waals surface area (Å²) in [4.78, 5) is 0. The fraction of sp³-hybridized carbons (Fsp3) is 0. The third kappa shape index (κ3) is 8.38. The Balaban J connectivity index is 0.000000162. The van der Waals surface area contributed by atoms with E-state index in [1.165, 1.54) is 43.3 Å². The predicted octanol–water partition coefficient (Wildman–Crippen LogP) is 10.0. The van der Waals surface area contributed by atoms with Gasteiger partial charge in [-0.2, -0.15) is 0 Å². The van der Waals surface area contributed by atoms with Crippen LogP contribution in [0.2, 0.25) is 0 Å². The van der Waals surface area contributed by atoms with Crippen LogP contribution >= 0.6 is 37.7 Å². The Labute approximate surface area is 238 Å². The summed E-state index contributed by atoms with van der Waals surface area (Å²) in [5.41, 5.74) is 2.61. The number of fused-ring (bicyclic) bond motifs is 2. The van der Waals surface area contributed by atoms with Gasteiger partial charge in [-0.05, 0) is 43.3 Å². The topological polar surface area (TPSA) is 0 Å². The first-order chi connectivity index (χ1) is 18.1. The molecule has 0 aliphatic heterocycles. The van der Waals surface area contributed by atoms with Crippen LogP contribution < -0.4 is 10.6 Å². The Morgan fingerprint density at radius 2 is 0.703 bits per heavy atom. The van der Waals surface area contributed by atoms with Crippen molar-refractivity contribution in [3.63, 3.8) is 0 Å². The van der Waals surface area contributed by atoms with E-state index >= 15 is 0 Å². The molecule has 0 N–H and O–H groups in total. The first-order valence-electron chi connectivity index (χ1n) is 11.6. The predicted molar refractivity (Wildman–Crippen MR) is 165 cm³/mol. The third-order valence-corrected chi connectivity index (χ3v) is 6.95. The van der Waals surface area contributed by atoms with Crippen molar-refractivity contribution in [3.8, 4) is 11.1 Å². The summed E-state index contributed by atoms with van der Waals surface area (Å²) >= 11 is -1.75. The number of hydrogen-bond donors (Lipinski definition) is 0. The molecule has 0 aliphatic carbocycles. The van der Waals surface area contributed by atoms with Crippen molar-refractivity contribution in [2.75, 3.05) is 0 Å². The molecule has 0 unspecified atom stereocenters. The van der Waals surface area contributed by atoms with Gasteiger partial charge in [0.15, 0.2) is 0 Å². The minimum Gasteiger partial charge on any atom is -0.0622 e. The van der Waals surface area contributed by atoms with Crippen LogP contribution in [-0.2, 0) is 13.0 Å². The van der Waals surface area contributed by atoms with E-state index in [4.69, 9.17) is 29.1 Å². The third-order valence-electron chi connectivity index (χ3n) is 5.71. The molecule has 187 valence electrons. The maximum atomic E-state index is 4.95. The van der Waals surface area contributed by atoms with E-state index in [-0.39, 0.29) is 0 Å². The Bertz CT molecular complexity index is 1410. The average molecular weight is 648 g/mol. The molecule has 6 aromatic carbocycles. The van der Waals surface area contributed by atoms with Gasteiger partial charge in [0, 0.05) is 0 Å². The van der Waals surface area contributed by atoms with Crippen LogP contribution in [0.3, 0.4) is 0 Å². The van der Waals surface area contributed by atoms with Crippen LogP contribution in [0.5, 0.6) is 0 Å². The van der Waals surface area contributed by atoms with Gasteiger partial charge in [0.25, 0.3) is 0 Å². The molecule has 0 amide bonds. The van der Waals surface area contributed by atoms with E-state index in [1.807, 2.05) is 0 Å². The molecule has 0 fully saturated rings. The minimum atomic E-state index is -1.75. The van der Waals surface area contributed by atoms with E-state index in [2.05, 4.69) is 146 Å². The summed E-state index contributed by atoms with van der Waals surface area (Å²) in [5.74, 6) is 0. The molecule has 0 spiro atoms. The van der Waals surface area contributed by atoms with Crippen LogP contribution in [0.25, 0.3) is 32.7 Å². The monoisotopic (exact) mass is 647 g/mol. The van der Waals surface area contributed by atoms with Crippen LogP contribution in [0.15, 0.2) is 146 Å². The number of benzene rings is 6. The molecule has 0 aliphatic rings. The Kier molecular flexibility index (Phi) is 11.0. The van der Waals surface area contributed by atoms with Crippen molar-refractivity contribution in [2.24, 2.45) is 0 Å². The average Bonchev–Trinajstić information content (AvgIpc) is 2.94. The van der Waals surface area contributed by atoms with Crippen molar-refractivity contribution in [3.05, 3.63) is 146 Å². The van der Waals surface area contributed by atoms with Gasteiger partial charge in [-0.3, -0.25) is 0 Å². The molecular formula is C32H25Cl3PRu. The summed E-state index contributed by atoms with van der Waals surface area (Å²) in [5, 5.41) is 8.00. The quantitative estimate of drug-likeness (QED) is 0.133. The van der Waals surface area contributed by atoms with Gasteiger partial charge in [0.05, 0.1) is 0 Å². The molecule has 0 heterocycles. The molecular weight excluding hydrogens is 623 g/mol. The van der Waals surface area contributed by atoms with E-state index in [0.29, 0.717) is 0 Å². The van der Waals surface area contributed by atoms with Crippen molar-refractivity contribution in [2.45, 2.75) is 0 Å². The minimum absolute atomic E-state index is 0.777. The number of hydrogen-bond acceptors (Lipinski definition) is 0. The fourth-order valence-corrected chi connectivity index (χ4v) is 5.18. The fourth-order valence-electron chi connectivity index (χ4n) is 4.13. The summed E-state index contributed by atoms with van der Waals surface area (Å²) in [6.45, 7) is 0. The second kappa shape index (κ2) is 14.6. The van der Waals surface area contributed by atoms with Crippen LogP contribution in [-0.4, -0.2) is 0 Å². The maximum absolute atomic E-state index is 4.95. The zero-order chi connectivity index (χ0) is 25.9. The molecule has 0 nitrogen and oxygen atoms in total. The molecule has 37 heavy (non-hydrogen) atoms. The van der Waals surface area contributed by atoms with Gasteiger partial charge in [-0.15, -0.1) is 0 Å². The Hall–Kier alpha value is -2.24. The molecule has 5 heteroatoms.